The number of hydrogen-bond donors (Lipinski definition) is 1. The summed E-state index contributed by atoms with van der Waals surface area (Å²) in [6.07, 6.45) is -5.10. The number of sulfonamides is 1. The minimum absolute atomic E-state index is 0.0112. The number of thiophene rings is 1. The summed E-state index contributed by atoms with van der Waals surface area (Å²) in [4.78, 5) is 12.7. The summed E-state index contributed by atoms with van der Waals surface area (Å²) in [5, 5.41) is 0. The molecule has 6 nitrogen and oxygen atoms in total. The van der Waals surface area contributed by atoms with Crippen molar-refractivity contribution in [2.45, 2.75) is 18.2 Å². The summed E-state index contributed by atoms with van der Waals surface area (Å²) < 4.78 is 104. The molecule has 3 aromatic carbocycles. The molecule has 0 aliphatic rings. The van der Waals surface area contributed by atoms with Crippen molar-refractivity contribution in [2.24, 2.45) is 0 Å². The van der Waals surface area contributed by atoms with Gasteiger partial charge in [0.1, 0.15) is 16.5 Å². The summed E-state index contributed by atoms with van der Waals surface area (Å²) in [7, 11) is -4.50. The summed E-state index contributed by atoms with van der Waals surface area (Å²) in [6, 6.07) is 15.0. The maximum absolute atomic E-state index is 14.7. The van der Waals surface area contributed by atoms with Crippen molar-refractivity contribution >= 4 is 32.8 Å². The van der Waals surface area contributed by atoms with E-state index in [2.05, 4.69) is 9.46 Å². The number of alkyl halides is 3. The van der Waals surface area contributed by atoms with Gasteiger partial charge in [-0.3, -0.25) is 9.52 Å². The average Bonchev–Trinajstić information content (AvgIpc) is 3.36. The third-order valence-electron chi connectivity index (χ3n) is 5.18. The van der Waals surface area contributed by atoms with Crippen LogP contribution in [-0.4, -0.2) is 27.2 Å². The van der Waals surface area contributed by atoms with Gasteiger partial charge in [0.2, 0.25) is 5.78 Å². The highest BCUT2D eigenvalue weighted by Gasteiger charge is 2.34. The van der Waals surface area contributed by atoms with Crippen LogP contribution in [0.4, 0.5) is 27.6 Å². The van der Waals surface area contributed by atoms with E-state index in [1.807, 2.05) is 0 Å². The predicted octanol–water partition coefficient (Wildman–Crippen LogP) is 7.02. The molecule has 204 valence electrons. The number of benzene rings is 3. The fraction of sp³-hybridized carbons (Fsp3) is 0.115. The lowest BCUT2D eigenvalue weighted by molar-refractivity contribution is -0.275. The Balaban J connectivity index is 1.61. The van der Waals surface area contributed by atoms with Crippen LogP contribution in [0.2, 0.25) is 0 Å². The van der Waals surface area contributed by atoms with Gasteiger partial charge in [0.25, 0.3) is 10.0 Å². The lowest BCUT2D eigenvalue weighted by atomic mass is 10.1. The first-order chi connectivity index (χ1) is 18.4. The molecule has 0 aliphatic heterocycles. The first kappa shape index (κ1) is 28.0. The molecule has 0 bridgehead atoms. The molecular weight excluding hydrogens is 565 g/mol. The van der Waals surface area contributed by atoms with Crippen molar-refractivity contribution in [1.82, 2.24) is 0 Å². The molecule has 0 fully saturated rings. The zero-order valence-electron chi connectivity index (χ0n) is 19.9. The van der Waals surface area contributed by atoms with Crippen LogP contribution >= 0.6 is 11.3 Å². The van der Waals surface area contributed by atoms with Crippen LogP contribution in [0.5, 0.6) is 11.5 Å². The number of ketones is 1. The summed E-state index contributed by atoms with van der Waals surface area (Å²) in [5.41, 5.74) is -0.323. The number of nitrogens with one attached hydrogen (secondary N) is 1. The van der Waals surface area contributed by atoms with Crippen LogP contribution in [0.15, 0.2) is 77.7 Å². The maximum Gasteiger partial charge on any atom is 0.573 e. The Morgan fingerprint density at radius 3 is 2.41 bits per heavy atom. The van der Waals surface area contributed by atoms with Gasteiger partial charge in [-0.25, -0.2) is 17.2 Å². The van der Waals surface area contributed by atoms with Crippen LogP contribution in [0, 0.1) is 11.6 Å². The number of ether oxygens (including phenoxy) is 2. The molecule has 0 amide bonds. The van der Waals surface area contributed by atoms with Gasteiger partial charge in [-0.1, -0.05) is 24.3 Å². The molecular formula is C26H18F5NO5S2. The Kier molecular flexibility index (Phi) is 7.93. The van der Waals surface area contributed by atoms with Crippen molar-refractivity contribution in [3.05, 3.63) is 94.9 Å². The van der Waals surface area contributed by atoms with Crippen molar-refractivity contribution < 1.29 is 44.6 Å². The van der Waals surface area contributed by atoms with Crippen LogP contribution in [0.25, 0.3) is 10.4 Å². The molecule has 39 heavy (non-hydrogen) atoms. The molecule has 1 N–H and O–H groups in total. The first-order valence-corrected chi connectivity index (χ1v) is 13.4. The van der Waals surface area contributed by atoms with Crippen molar-refractivity contribution in [3.63, 3.8) is 0 Å². The molecule has 0 saturated carbocycles. The number of hydrogen-bond acceptors (Lipinski definition) is 6. The second-order valence-corrected chi connectivity index (χ2v) is 10.6. The van der Waals surface area contributed by atoms with E-state index in [4.69, 9.17) is 4.74 Å². The lowest BCUT2D eigenvalue weighted by Crippen LogP contribution is -2.20. The predicted molar refractivity (Wildman–Crippen MR) is 135 cm³/mol. The Morgan fingerprint density at radius 2 is 1.69 bits per heavy atom. The van der Waals surface area contributed by atoms with Crippen LogP contribution in [0.1, 0.15) is 22.2 Å². The molecule has 0 saturated heterocycles. The van der Waals surface area contributed by atoms with E-state index in [1.54, 1.807) is 13.0 Å². The second-order valence-electron chi connectivity index (χ2n) is 7.84. The molecule has 1 aromatic heterocycles. The third kappa shape index (κ3) is 6.37. The van der Waals surface area contributed by atoms with Gasteiger partial charge >= 0.3 is 6.36 Å². The summed E-state index contributed by atoms with van der Waals surface area (Å²) in [5.74, 6) is -4.24. The Labute approximate surface area is 223 Å². The Bertz CT molecular complexity index is 1630. The fourth-order valence-corrected chi connectivity index (χ4v) is 5.70. The highest BCUT2D eigenvalue weighted by atomic mass is 32.2. The number of halogens is 5. The van der Waals surface area contributed by atoms with Gasteiger partial charge in [-0.15, -0.1) is 24.5 Å². The van der Waals surface area contributed by atoms with Crippen molar-refractivity contribution in [2.75, 3.05) is 11.3 Å². The zero-order chi connectivity index (χ0) is 28.4. The molecule has 1 heterocycles. The molecule has 0 atom stereocenters. The van der Waals surface area contributed by atoms with Gasteiger partial charge < -0.3 is 9.47 Å². The second kappa shape index (κ2) is 11.0. The van der Waals surface area contributed by atoms with Gasteiger partial charge in [0.15, 0.2) is 11.6 Å². The normalized spacial score (nSPS) is 11.7. The van der Waals surface area contributed by atoms with E-state index in [0.717, 1.165) is 35.6 Å². The van der Waals surface area contributed by atoms with E-state index in [1.165, 1.54) is 42.5 Å². The van der Waals surface area contributed by atoms with E-state index in [-0.39, 0.29) is 22.9 Å². The zero-order valence-corrected chi connectivity index (χ0v) is 21.5. The number of rotatable bonds is 9. The Hall–Kier alpha value is -3.97. The topological polar surface area (TPSA) is 81.7 Å². The Morgan fingerprint density at radius 1 is 0.949 bits per heavy atom. The van der Waals surface area contributed by atoms with E-state index in [0.29, 0.717) is 10.4 Å². The molecule has 0 aliphatic carbocycles. The van der Waals surface area contributed by atoms with Crippen LogP contribution < -0.4 is 14.2 Å². The van der Waals surface area contributed by atoms with Crippen molar-refractivity contribution in [3.8, 4) is 21.9 Å². The fourth-order valence-electron chi connectivity index (χ4n) is 3.57. The lowest BCUT2D eigenvalue weighted by Gasteiger charge is -2.14. The first-order valence-electron chi connectivity index (χ1n) is 11.1. The number of anilines is 1. The smallest absolute Gasteiger partial charge is 0.491 e. The van der Waals surface area contributed by atoms with Crippen molar-refractivity contribution in [1.29, 1.82) is 0 Å². The van der Waals surface area contributed by atoms with Crippen LogP contribution in [0.3, 0.4) is 0 Å². The molecule has 0 radical (unpaired) electrons. The number of carbonyl (C=O) groups excluding carboxylic acids is 1. The molecule has 0 spiro atoms. The van der Waals surface area contributed by atoms with E-state index >= 15 is 0 Å². The van der Waals surface area contributed by atoms with Gasteiger partial charge in [-0.2, -0.15) is 0 Å². The summed E-state index contributed by atoms with van der Waals surface area (Å²) in [6.45, 7) is 1.72. The van der Waals surface area contributed by atoms with E-state index in [9.17, 15) is 35.2 Å². The van der Waals surface area contributed by atoms with E-state index < -0.39 is 50.0 Å². The third-order valence-corrected chi connectivity index (χ3v) is 7.73. The monoisotopic (exact) mass is 583 g/mol. The number of carbonyl (C=O) groups is 1. The largest absolute Gasteiger partial charge is 0.573 e. The van der Waals surface area contributed by atoms with Gasteiger partial charge in [0.05, 0.1) is 17.0 Å². The summed E-state index contributed by atoms with van der Waals surface area (Å²) >= 11 is 0.911. The maximum atomic E-state index is 14.7. The minimum atomic E-state index is -5.10. The van der Waals surface area contributed by atoms with Gasteiger partial charge in [0, 0.05) is 10.6 Å². The molecule has 0 unspecified atom stereocenters. The molecule has 13 heteroatoms. The quantitative estimate of drug-likeness (QED) is 0.169. The highest BCUT2D eigenvalue weighted by Crippen LogP contribution is 2.35. The number of para-hydroxylation sites is 1. The molecule has 4 rings (SSSR count). The molecule has 4 aromatic rings. The highest BCUT2D eigenvalue weighted by molar-refractivity contribution is 7.92. The average molecular weight is 584 g/mol. The SMILES string of the molecule is CCOc1ccc(F)c(C(=O)c2ccc(-c3cccc(NS(=O)(=O)c4ccccc4OC(F)(F)F)c3)s2)c1F. The minimum Gasteiger partial charge on any atom is -0.491 e. The van der Waals surface area contributed by atoms with Gasteiger partial charge in [-0.05, 0) is 61.0 Å². The standard InChI is InChI=1S/C26H18F5NO5S2/c1-2-36-19-11-10-17(27)23(24(19)28)25(33)21-13-12-20(38-21)15-6-5-7-16(14-15)32-39(34,35)22-9-4-3-8-18(22)37-26(29,30)31/h3-14,32H,2H2,1H3. The van der Waals surface area contributed by atoms with Crippen LogP contribution in [-0.2, 0) is 10.0 Å².